The van der Waals surface area contributed by atoms with Crippen LogP contribution >= 0.6 is 0 Å². The van der Waals surface area contributed by atoms with Gasteiger partial charge in [-0.1, -0.05) is 12.8 Å². The SMILES string of the molecule is CC(C(=O)O)n1cnc(C2CCCC2)n1. The largest absolute Gasteiger partial charge is 0.480 e. The van der Waals surface area contributed by atoms with Crippen LogP contribution in [0.4, 0.5) is 0 Å². The molecule has 0 bridgehead atoms. The van der Waals surface area contributed by atoms with Crippen LogP contribution in [0.2, 0.25) is 0 Å². The topological polar surface area (TPSA) is 68.0 Å². The monoisotopic (exact) mass is 209 g/mol. The molecule has 1 aliphatic rings. The summed E-state index contributed by atoms with van der Waals surface area (Å²) in [6, 6.07) is -0.632. The van der Waals surface area contributed by atoms with Crippen LogP contribution in [0.3, 0.4) is 0 Å². The highest BCUT2D eigenvalue weighted by molar-refractivity contribution is 5.71. The maximum absolute atomic E-state index is 10.7. The van der Waals surface area contributed by atoms with Crippen molar-refractivity contribution in [1.29, 1.82) is 0 Å². The minimum Gasteiger partial charge on any atom is -0.480 e. The lowest BCUT2D eigenvalue weighted by molar-refractivity contribution is -0.140. The van der Waals surface area contributed by atoms with Gasteiger partial charge in [-0.3, -0.25) is 0 Å². The molecule has 1 aromatic rings. The van der Waals surface area contributed by atoms with Crippen LogP contribution in [-0.4, -0.2) is 25.8 Å². The van der Waals surface area contributed by atoms with E-state index < -0.39 is 12.0 Å². The number of hydrogen-bond donors (Lipinski definition) is 1. The van der Waals surface area contributed by atoms with Crippen LogP contribution in [0, 0.1) is 0 Å². The van der Waals surface area contributed by atoms with Crippen LogP contribution in [0.15, 0.2) is 6.33 Å². The number of carbonyl (C=O) groups is 1. The third-order valence-corrected chi connectivity index (χ3v) is 3.00. The van der Waals surface area contributed by atoms with Crippen molar-refractivity contribution in [1.82, 2.24) is 14.8 Å². The molecule has 1 unspecified atom stereocenters. The fourth-order valence-electron chi connectivity index (χ4n) is 1.96. The molecule has 5 heteroatoms. The molecule has 0 amide bonds. The first-order valence-corrected chi connectivity index (χ1v) is 5.32. The first-order chi connectivity index (χ1) is 7.18. The Morgan fingerprint density at radius 1 is 1.60 bits per heavy atom. The molecule has 1 heterocycles. The number of nitrogens with zero attached hydrogens (tertiary/aromatic N) is 3. The van der Waals surface area contributed by atoms with E-state index >= 15 is 0 Å². The Labute approximate surface area is 88.1 Å². The van der Waals surface area contributed by atoms with Gasteiger partial charge in [-0.05, 0) is 19.8 Å². The van der Waals surface area contributed by atoms with Crippen LogP contribution in [-0.2, 0) is 4.79 Å². The van der Waals surface area contributed by atoms with Crippen molar-refractivity contribution < 1.29 is 9.90 Å². The Bertz CT molecular complexity index is 355. The highest BCUT2D eigenvalue weighted by atomic mass is 16.4. The molecule has 1 aromatic heterocycles. The maximum Gasteiger partial charge on any atom is 0.328 e. The molecule has 5 nitrogen and oxygen atoms in total. The van der Waals surface area contributed by atoms with Gasteiger partial charge in [0.25, 0.3) is 0 Å². The summed E-state index contributed by atoms with van der Waals surface area (Å²) < 4.78 is 1.43. The zero-order valence-corrected chi connectivity index (χ0v) is 8.76. The van der Waals surface area contributed by atoms with Crippen molar-refractivity contribution in [2.75, 3.05) is 0 Å². The number of rotatable bonds is 3. The lowest BCUT2D eigenvalue weighted by Crippen LogP contribution is -2.16. The summed E-state index contributed by atoms with van der Waals surface area (Å²) in [6.07, 6.45) is 6.24. The summed E-state index contributed by atoms with van der Waals surface area (Å²) in [5, 5.41) is 13.1. The van der Waals surface area contributed by atoms with E-state index in [1.807, 2.05) is 0 Å². The fraction of sp³-hybridized carbons (Fsp3) is 0.700. The molecule has 1 fully saturated rings. The molecule has 1 atom stereocenters. The van der Waals surface area contributed by atoms with Gasteiger partial charge in [0.2, 0.25) is 0 Å². The molecule has 15 heavy (non-hydrogen) atoms. The summed E-state index contributed by atoms with van der Waals surface area (Å²) in [4.78, 5) is 14.9. The third kappa shape index (κ3) is 2.00. The van der Waals surface area contributed by atoms with Gasteiger partial charge in [0.1, 0.15) is 12.4 Å². The smallest absolute Gasteiger partial charge is 0.328 e. The number of hydrogen-bond acceptors (Lipinski definition) is 3. The van der Waals surface area contributed by atoms with E-state index in [0.29, 0.717) is 5.92 Å². The van der Waals surface area contributed by atoms with Crippen molar-refractivity contribution >= 4 is 5.97 Å². The van der Waals surface area contributed by atoms with E-state index in [1.165, 1.54) is 23.9 Å². The van der Waals surface area contributed by atoms with Crippen LogP contribution in [0.5, 0.6) is 0 Å². The molecular formula is C10H15N3O2. The summed E-state index contributed by atoms with van der Waals surface area (Å²) in [5.41, 5.74) is 0. The maximum atomic E-state index is 10.7. The van der Waals surface area contributed by atoms with Gasteiger partial charge < -0.3 is 5.11 Å². The Morgan fingerprint density at radius 3 is 2.87 bits per heavy atom. The predicted octanol–water partition coefficient (Wildman–Crippen LogP) is 1.58. The van der Waals surface area contributed by atoms with Gasteiger partial charge in [-0.15, -0.1) is 0 Å². The number of aromatic nitrogens is 3. The molecule has 2 rings (SSSR count). The zero-order chi connectivity index (χ0) is 10.8. The van der Waals surface area contributed by atoms with Gasteiger partial charge in [0.15, 0.2) is 5.82 Å². The summed E-state index contributed by atoms with van der Waals surface area (Å²) in [5.74, 6) is 0.366. The summed E-state index contributed by atoms with van der Waals surface area (Å²) >= 11 is 0. The van der Waals surface area contributed by atoms with Crippen molar-refractivity contribution in [3.05, 3.63) is 12.2 Å². The molecule has 0 aromatic carbocycles. The van der Waals surface area contributed by atoms with Crippen molar-refractivity contribution in [3.8, 4) is 0 Å². The van der Waals surface area contributed by atoms with Crippen molar-refractivity contribution in [2.24, 2.45) is 0 Å². The molecule has 82 valence electrons. The van der Waals surface area contributed by atoms with Gasteiger partial charge in [-0.2, -0.15) is 5.10 Å². The quantitative estimate of drug-likeness (QED) is 0.820. The number of carboxylic acids is 1. The molecule has 1 saturated carbocycles. The van der Waals surface area contributed by atoms with Crippen LogP contribution in [0.1, 0.15) is 50.4 Å². The summed E-state index contributed by atoms with van der Waals surface area (Å²) in [6.45, 7) is 1.61. The standard InChI is InChI=1S/C10H15N3O2/c1-7(10(14)15)13-6-11-9(12-13)8-4-2-3-5-8/h6-8H,2-5H2,1H3,(H,14,15). The Morgan fingerprint density at radius 2 is 2.27 bits per heavy atom. The van der Waals surface area contributed by atoms with Gasteiger partial charge in [-0.25, -0.2) is 14.5 Å². The van der Waals surface area contributed by atoms with E-state index in [0.717, 1.165) is 18.7 Å². The number of carboxylic acid groups (broad SMARTS) is 1. The van der Waals surface area contributed by atoms with Crippen LogP contribution in [0.25, 0.3) is 0 Å². The molecule has 0 spiro atoms. The second-order valence-corrected chi connectivity index (χ2v) is 4.08. The van der Waals surface area contributed by atoms with E-state index in [-0.39, 0.29) is 0 Å². The second-order valence-electron chi connectivity index (χ2n) is 4.08. The first-order valence-electron chi connectivity index (χ1n) is 5.32. The fourth-order valence-corrected chi connectivity index (χ4v) is 1.96. The average molecular weight is 209 g/mol. The van der Waals surface area contributed by atoms with E-state index in [9.17, 15) is 4.79 Å². The zero-order valence-electron chi connectivity index (χ0n) is 8.76. The summed E-state index contributed by atoms with van der Waals surface area (Å²) in [7, 11) is 0. The second kappa shape index (κ2) is 4.00. The molecule has 0 aliphatic heterocycles. The normalized spacial score (nSPS) is 19.3. The van der Waals surface area contributed by atoms with Crippen molar-refractivity contribution in [2.45, 2.75) is 44.6 Å². The van der Waals surface area contributed by atoms with Gasteiger partial charge in [0, 0.05) is 5.92 Å². The lowest BCUT2D eigenvalue weighted by atomic mass is 10.1. The van der Waals surface area contributed by atoms with Crippen molar-refractivity contribution in [3.63, 3.8) is 0 Å². The highest BCUT2D eigenvalue weighted by Crippen LogP contribution is 2.31. The van der Waals surface area contributed by atoms with Crippen LogP contribution < -0.4 is 0 Å². The molecule has 1 N–H and O–H groups in total. The van der Waals surface area contributed by atoms with Gasteiger partial charge in [0.05, 0.1) is 0 Å². The minimum absolute atomic E-state index is 0.437. The average Bonchev–Trinajstić information content (AvgIpc) is 2.86. The minimum atomic E-state index is -0.877. The Kier molecular flexibility index (Phi) is 2.70. The predicted molar refractivity (Wildman–Crippen MR) is 53.6 cm³/mol. The lowest BCUT2D eigenvalue weighted by Gasteiger charge is -2.05. The first kappa shape index (κ1) is 10.1. The van der Waals surface area contributed by atoms with E-state index in [1.54, 1.807) is 6.92 Å². The molecule has 0 radical (unpaired) electrons. The molecule has 1 aliphatic carbocycles. The Balaban J connectivity index is 2.12. The molecular weight excluding hydrogens is 194 g/mol. The van der Waals surface area contributed by atoms with E-state index in [2.05, 4.69) is 10.1 Å². The highest BCUT2D eigenvalue weighted by Gasteiger charge is 2.22. The van der Waals surface area contributed by atoms with E-state index in [4.69, 9.17) is 5.11 Å². The number of aliphatic carboxylic acids is 1. The third-order valence-electron chi connectivity index (χ3n) is 3.00. The Hall–Kier alpha value is -1.39. The molecule has 0 saturated heterocycles. The van der Waals surface area contributed by atoms with Gasteiger partial charge >= 0.3 is 5.97 Å².